The first-order chi connectivity index (χ1) is 12.7. The molecule has 0 radical (unpaired) electrons. The molecule has 5 heteroatoms. The lowest BCUT2D eigenvalue weighted by atomic mass is 10.1. The van der Waals surface area contributed by atoms with Crippen LogP contribution >= 0.6 is 0 Å². The second kappa shape index (κ2) is 7.38. The second-order valence-electron chi connectivity index (χ2n) is 6.97. The van der Waals surface area contributed by atoms with Crippen molar-refractivity contribution < 1.29 is 4.39 Å². The van der Waals surface area contributed by atoms with Crippen LogP contribution in [-0.4, -0.2) is 26.2 Å². The van der Waals surface area contributed by atoms with E-state index in [4.69, 9.17) is 4.98 Å². The Hall–Kier alpha value is -2.53. The first-order valence-corrected chi connectivity index (χ1v) is 9.10. The molecule has 1 aromatic carbocycles. The summed E-state index contributed by atoms with van der Waals surface area (Å²) in [5, 5.41) is 4.26. The van der Waals surface area contributed by atoms with E-state index < -0.39 is 0 Å². The Morgan fingerprint density at radius 3 is 2.85 bits per heavy atom. The molecule has 1 aliphatic rings. The van der Waals surface area contributed by atoms with Gasteiger partial charge in [-0.2, -0.15) is 5.10 Å². The molecule has 26 heavy (non-hydrogen) atoms. The predicted molar refractivity (Wildman–Crippen MR) is 99.0 cm³/mol. The molecule has 0 aliphatic carbocycles. The summed E-state index contributed by atoms with van der Waals surface area (Å²) in [5.41, 5.74) is 3.92. The average Bonchev–Trinajstić information content (AvgIpc) is 3.26. The van der Waals surface area contributed by atoms with Crippen molar-refractivity contribution in [1.82, 2.24) is 19.7 Å². The average molecular weight is 350 g/mol. The molecule has 0 bridgehead atoms. The number of aryl methyl sites for hydroxylation is 1. The molecular weight excluding hydrogens is 327 g/mol. The second-order valence-corrected chi connectivity index (χ2v) is 6.97. The summed E-state index contributed by atoms with van der Waals surface area (Å²) in [6.07, 6.45) is 6.80. The number of likely N-dealkylation sites (tertiary alicyclic amines) is 1. The first kappa shape index (κ1) is 16.9. The molecule has 0 amide bonds. The van der Waals surface area contributed by atoms with Crippen LogP contribution in [0.25, 0.3) is 0 Å². The van der Waals surface area contributed by atoms with Crippen molar-refractivity contribution in [1.29, 1.82) is 0 Å². The molecule has 1 aliphatic heterocycles. The van der Waals surface area contributed by atoms with Crippen molar-refractivity contribution in [3.8, 4) is 0 Å². The minimum atomic E-state index is -0.168. The van der Waals surface area contributed by atoms with E-state index in [0.717, 1.165) is 30.9 Å². The maximum Gasteiger partial charge on any atom is 0.126 e. The zero-order valence-electron chi connectivity index (χ0n) is 15.0. The standard InChI is InChI=1S/C21H23FN4/c1-25-14-16(13-23-25)15-26-11-5-10-21(26)20-9-4-7-18(24-20)12-17-6-2-3-8-19(17)22/h2-4,6-9,13-14,21H,5,10-12,15H2,1H3. The molecule has 4 nitrogen and oxygen atoms in total. The van der Waals surface area contributed by atoms with Gasteiger partial charge in [0.2, 0.25) is 0 Å². The van der Waals surface area contributed by atoms with Gasteiger partial charge in [-0.1, -0.05) is 24.3 Å². The summed E-state index contributed by atoms with van der Waals surface area (Å²) in [6, 6.07) is 13.4. The molecular formula is C21H23FN4. The molecule has 4 rings (SSSR count). The Morgan fingerprint density at radius 2 is 2.04 bits per heavy atom. The lowest BCUT2D eigenvalue weighted by Gasteiger charge is -2.23. The summed E-state index contributed by atoms with van der Waals surface area (Å²) in [6.45, 7) is 1.95. The molecule has 3 aromatic rings. The van der Waals surface area contributed by atoms with Crippen LogP contribution in [0.3, 0.4) is 0 Å². The van der Waals surface area contributed by atoms with E-state index in [9.17, 15) is 4.39 Å². The Kier molecular flexibility index (Phi) is 4.80. The predicted octanol–water partition coefficient (Wildman–Crippen LogP) is 3.88. The Bertz CT molecular complexity index is 889. The molecule has 1 unspecified atom stereocenters. The molecule has 0 saturated carbocycles. The van der Waals surface area contributed by atoms with Crippen molar-refractivity contribution >= 4 is 0 Å². The van der Waals surface area contributed by atoms with E-state index in [2.05, 4.69) is 22.3 Å². The number of aromatic nitrogens is 3. The summed E-state index contributed by atoms with van der Waals surface area (Å²) >= 11 is 0. The lowest BCUT2D eigenvalue weighted by molar-refractivity contribution is 0.244. The van der Waals surface area contributed by atoms with E-state index in [-0.39, 0.29) is 5.82 Å². The fourth-order valence-corrected chi connectivity index (χ4v) is 3.76. The van der Waals surface area contributed by atoms with E-state index in [1.54, 1.807) is 6.07 Å². The summed E-state index contributed by atoms with van der Waals surface area (Å²) in [7, 11) is 1.94. The highest BCUT2D eigenvalue weighted by atomic mass is 19.1. The third-order valence-corrected chi connectivity index (χ3v) is 5.01. The zero-order valence-corrected chi connectivity index (χ0v) is 15.0. The quantitative estimate of drug-likeness (QED) is 0.700. The fraction of sp³-hybridized carbons (Fsp3) is 0.333. The minimum Gasteiger partial charge on any atom is -0.290 e. The molecule has 0 spiro atoms. The summed E-state index contributed by atoms with van der Waals surface area (Å²) in [5.74, 6) is -0.168. The number of benzene rings is 1. The van der Waals surface area contributed by atoms with Crippen molar-refractivity contribution in [2.24, 2.45) is 7.05 Å². The molecule has 2 aromatic heterocycles. The monoisotopic (exact) mass is 350 g/mol. The van der Waals surface area contributed by atoms with Crippen LogP contribution in [0.15, 0.2) is 54.9 Å². The number of pyridine rings is 1. The SMILES string of the molecule is Cn1cc(CN2CCCC2c2cccc(Cc3ccccc3F)n2)cn1. The van der Waals surface area contributed by atoms with Crippen molar-refractivity contribution in [2.45, 2.75) is 31.8 Å². The smallest absolute Gasteiger partial charge is 0.126 e. The topological polar surface area (TPSA) is 34.0 Å². The Labute approximate surface area is 153 Å². The van der Waals surface area contributed by atoms with Gasteiger partial charge in [0.15, 0.2) is 0 Å². The van der Waals surface area contributed by atoms with Crippen LogP contribution < -0.4 is 0 Å². The van der Waals surface area contributed by atoms with Crippen LogP contribution in [0.5, 0.6) is 0 Å². The molecule has 1 saturated heterocycles. The third-order valence-electron chi connectivity index (χ3n) is 5.01. The number of halogens is 1. The zero-order chi connectivity index (χ0) is 17.9. The van der Waals surface area contributed by atoms with Crippen LogP contribution in [0.2, 0.25) is 0 Å². The van der Waals surface area contributed by atoms with Crippen LogP contribution in [0, 0.1) is 5.82 Å². The molecule has 1 fully saturated rings. The van der Waals surface area contributed by atoms with Crippen molar-refractivity contribution in [2.75, 3.05) is 6.54 Å². The lowest BCUT2D eigenvalue weighted by Crippen LogP contribution is -2.23. The van der Waals surface area contributed by atoms with Crippen LogP contribution in [0.4, 0.5) is 4.39 Å². The van der Waals surface area contributed by atoms with Gasteiger partial charge in [-0.05, 0) is 43.1 Å². The highest BCUT2D eigenvalue weighted by Gasteiger charge is 2.27. The first-order valence-electron chi connectivity index (χ1n) is 9.10. The molecule has 134 valence electrons. The van der Waals surface area contributed by atoms with Gasteiger partial charge < -0.3 is 0 Å². The number of nitrogens with zero attached hydrogens (tertiary/aromatic N) is 4. The number of rotatable bonds is 5. The maximum atomic E-state index is 13.9. The largest absolute Gasteiger partial charge is 0.290 e. The van der Waals surface area contributed by atoms with Crippen LogP contribution in [0.1, 0.15) is 41.4 Å². The summed E-state index contributed by atoms with van der Waals surface area (Å²) in [4.78, 5) is 7.32. The van der Waals surface area contributed by atoms with Crippen LogP contribution in [-0.2, 0) is 20.0 Å². The molecule has 1 atom stereocenters. The third kappa shape index (κ3) is 3.68. The molecule has 0 N–H and O–H groups in total. The maximum absolute atomic E-state index is 13.9. The van der Waals surface area contributed by atoms with E-state index in [1.807, 2.05) is 42.2 Å². The number of hydrogen-bond donors (Lipinski definition) is 0. The van der Waals surface area contributed by atoms with Gasteiger partial charge in [-0.25, -0.2) is 4.39 Å². The normalized spacial score (nSPS) is 17.7. The fourth-order valence-electron chi connectivity index (χ4n) is 3.76. The van der Waals surface area contributed by atoms with Crippen molar-refractivity contribution in [3.63, 3.8) is 0 Å². The Morgan fingerprint density at radius 1 is 1.15 bits per heavy atom. The van der Waals surface area contributed by atoms with Gasteiger partial charge in [0.25, 0.3) is 0 Å². The van der Waals surface area contributed by atoms with E-state index in [1.165, 1.54) is 18.1 Å². The Balaban J connectivity index is 1.52. The van der Waals surface area contributed by atoms with E-state index >= 15 is 0 Å². The highest BCUT2D eigenvalue weighted by Crippen LogP contribution is 2.32. The van der Waals surface area contributed by atoms with Gasteiger partial charge in [-0.3, -0.25) is 14.6 Å². The van der Waals surface area contributed by atoms with Gasteiger partial charge in [0, 0.05) is 37.5 Å². The summed E-state index contributed by atoms with van der Waals surface area (Å²) < 4.78 is 15.8. The van der Waals surface area contributed by atoms with Gasteiger partial charge >= 0.3 is 0 Å². The highest BCUT2D eigenvalue weighted by molar-refractivity contribution is 5.25. The van der Waals surface area contributed by atoms with Gasteiger partial charge in [-0.15, -0.1) is 0 Å². The van der Waals surface area contributed by atoms with E-state index in [0.29, 0.717) is 18.0 Å². The molecule has 3 heterocycles. The van der Waals surface area contributed by atoms with Gasteiger partial charge in [0.05, 0.1) is 17.9 Å². The minimum absolute atomic E-state index is 0.168. The number of hydrogen-bond acceptors (Lipinski definition) is 3. The van der Waals surface area contributed by atoms with Crippen molar-refractivity contribution in [3.05, 3.63) is 83.2 Å². The van der Waals surface area contributed by atoms with Gasteiger partial charge in [0.1, 0.15) is 5.82 Å².